The Hall–Kier alpha value is -2.44. The number of pyridine rings is 1. The molecule has 34 heavy (non-hydrogen) atoms. The van der Waals surface area contributed by atoms with E-state index >= 15 is 0 Å². The van der Waals surface area contributed by atoms with Gasteiger partial charge in [-0.1, -0.05) is 0 Å². The Labute approximate surface area is 202 Å². The smallest absolute Gasteiger partial charge is 0.224 e. The van der Waals surface area contributed by atoms with Gasteiger partial charge in [-0.05, 0) is 40.2 Å². The van der Waals surface area contributed by atoms with Crippen molar-refractivity contribution in [2.24, 2.45) is 5.92 Å². The van der Waals surface area contributed by atoms with Crippen LogP contribution in [0.1, 0.15) is 32.9 Å². The number of rotatable bonds is 8. The van der Waals surface area contributed by atoms with E-state index in [1.165, 1.54) is 11.3 Å². The van der Waals surface area contributed by atoms with Crippen molar-refractivity contribution in [2.75, 3.05) is 24.3 Å². The Morgan fingerprint density at radius 3 is 2.65 bits per heavy atom. The highest BCUT2D eigenvalue weighted by atomic mass is 32.1. The molecule has 3 aromatic rings. The summed E-state index contributed by atoms with van der Waals surface area (Å²) >= 11 is 1.51. The zero-order valence-corrected chi connectivity index (χ0v) is 20.8. The van der Waals surface area contributed by atoms with Crippen LogP contribution in [-0.2, 0) is 4.74 Å². The summed E-state index contributed by atoms with van der Waals surface area (Å²) in [6.07, 6.45) is 1.68. The van der Waals surface area contributed by atoms with Crippen LogP contribution in [0.3, 0.4) is 0 Å². The average Bonchev–Trinajstić information content (AvgIpc) is 3.35. The van der Waals surface area contributed by atoms with E-state index in [0.29, 0.717) is 30.3 Å². The fourth-order valence-corrected chi connectivity index (χ4v) is 5.23. The predicted molar refractivity (Wildman–Crippen MR) is 132 cm³/mol. The van der Waals surface area contributed by atoms with Crippen LogP contribution in [0.15, 0.2) is 18.5 Å². The first-order valence-electron chi connectivity index (χ1n) is 11.3. The van der Waals surface area contributed by atoms with Gasteiger partial charge in [0.25, 0.3) is 0 Å². The molecule has 5 N–H and O–H groups in total. The Balaban J connectivity index is 1.69. The fraction of sp³-hybridized carbons (Fsp3) is 0.565. The van der Waals surface area contributed by atoms with Crippen molar-refractivity contribution in [3.05, 3.63) is 24.2 Å². The monoisotopic (exact) mass is 488 g/mol. The van der Waals surface area contributed by atoms with E-state index in [1.54, 1.807) is 33.4 Å². The second-order valence-electron chi connectivity index (χ2n) is 9.37. The summed E-state index contributed by atoms with van der Waals surface area (Å²) in [6, 6.07) is 1.41. The molecule has 0 saturated heterocycles. The number of methoxy groups -OCH3 is 1. The van der Waals surface area contributed by atoms with Gasteiger partial charge in [0.15, 0.2) is 0 Å². The van der Waals surface area contributed by atoms with Gasteiger partial charge in [0.05, 0.1) is 39.8 Å². The Morgan fingerprint density at radius 2 is 2.00 bits per heavy atom. The molecule has 1 aliphatic rings. The molecule has 0 amide bonds. The Bertz CT molecular complexity index is 1150. The molecule has 3 heterocycles. The molecule has 0 aliphatic heterocycles. The van der Waals surface area contributed by atoms with Crippen LogP contribution >= 0.6 is 11.3 Å². The number of thiazole rings is 1. The van der Waals surface area contributed by atoms with Crippen LogP contribution in [0.2, 0.25) is 0 Å². The highest BCUT2D eigenvalue weighted by Crippen LogP contribution is 2.39. The molecular weight excluding hydrogens is 456 g/mol. The molecule has 4 rings (SSSR count). The van der Waals surface area contributed by atoms with E-state index in [2.05, 4.69) is 25.6 Å². The summed E-state index contributed by atoms with van der Waals surface area (Å²) in [4.78, 5) is 18.2. The molecule has 5 atom stereocenters. The second kappa shape index (κ2) is 9.67. The van der Waals surface area contributed by atoms with Crippen LogP contribution in [0.4, 0.5) is 11.8 Å². The van der Waals surface area contributed by atoms with Crippen LogP contribution in [0.25, 0.3) is 20.8 Å². The number of aliphatic hydroxyl groups excluding tert-OH is 2. The van der Waals surface area contributed by atoms with E-state index in [0.717, 1.165) is 20.9 Å². The lowest BCUT2D eigenvalue weighted by Gasteiger charge is -2.28. The summed E-state index contributed by atoms with van der Waals surface area (Å²) < 4.78 is 6.29. The maximum absolute atomic E-state index is 10.7. The minimum absolute atomic E-state index is 0.0289. The molecule has 0 spiro atoms. The third kappa shape index (κ3) is 4.98. The molecule has 0 bridgehead atoms. The zero-order chi connectivity index (χ0) is 24.6. The number of nitrogens with one attached hydrogen (secondary N) is 2. The first-order chi connectivity index (χ1) is 16.1. The molecule has 0 aromatic carbocycles. The lowest BCUT2D eigenvalue weighted by atomic mass is 9.88. The quantitative estimate of drug-likeness (QED) is 0.320. The van der Waals surface area contributed by atoms with E-state index < -0.39 is 29.8 Å². The number of aromatic nitrogens is 4. The molecule has 1 saturated carbocycles. The van der Waals surface area contributed by atoms with Gasteiger partial charge in [0, 0.05) is 32.0 Å². The minimum Gasteiger partial charge on any atom is -0.390 e. The summed E-state index contributed by atoms with van der Waals surface area (Å²) in [5.41, 5.74) is 1.21. The first-order valence-corrected chi connectivity index (χ1v) is 12.1. The SMILES string of the molecule is CO[C@H](C)CNc1ncc(-c2nc3c(C)nccc3s2)c(N[C@@H]2C[C@H](C(C)(C)O)[C@@H](O)[C@H]2O)n1. The lowest BCUT2D eigenvalue weighted by molar-refractivity contribution is -0.0601. The minimum atomic E-state index is -1.13. The number of aryl methyl sites for hydroxylation is 1. The normalized spacial score (nSPS) is 23.9. The van der Waals surface area contributed by atoms with Gasteiger partial charge in [0.2, 0.25) is 5.95 Å². The molecule has 1 aliphatic carbocycles. The third-order valence-electron chi connectivity index (χ3n) is 6.37. The highest BCUT2D eigenvalue weighted by molar-refractivity contribution is 7.21. The summed E-state index contributed by atoms with van der Waals surface area (Å²) in [5.74, 6) is 0.405. The maximum Gasteiger partial charge on any atom is 0.224 e. The zero-order valence-electron chi connectivity index (χ0n) is 20.0. The van der Waals surface area contributed by atoms with E-state index in [-0.39, 0.29) is 6.10 Å². The number of aliphatic hydroxyl groups is 3. The second-order valence-corrected chi connectivity index (χ2v) is 10.4. The molecule has 0 unspecified atom stereocenters. The van der Waals surface area contributed by atoms with E-state index in [9.17, 15) is 15.3 Å². The standard InChI is InChI=1S/C23H32N6O4S/c1-11(33-5)9-25-22-26-10-13(21-28-17-12(2)24-7-6-16(17)34-21)20(29-22)27-15-8-14(23(3,4)32)18(30)19(15)31/h6-7,10-11,14-15,18-19,30-32H,8-9H2,1-5H3,(H2,25,26,27,29)/t11-,14+,15-,18-,19+/m1/s1. The Kier molecular flexibility index (Phi) is 7.02. The summed E-state index contributed by atoms with van der Waals surface area (Å²) in [5, 5.41) is 38.9. The number of nitrogens with zero attached hydrogens (tertiary/aromatic N) is 4. The van der Waals surface area contributed by atoms with Crippen LogP contribution in [0.5, 0.6) is 0 Å². The first kappa shape index (κ1) is 24.7. The van der Waals surface area contributed by atoms with Gasteiger partial charge in [0.1, 0.15) is 22.4 Å². The molecule has 0 radical (unpaired) electrons. The number of ether oxygens (including phenoxy) is 1. The van der Waals surface area contributed by atoms with Crippen LogP contribution in [-0.4, -0.2) is 78.9 Å². The van der Waals surface area contributed by atoms with Gasteiger partial charge in [-0.25, -0.2) is 9.97 Å². The van der Waals surface area contributed by atoms with Gasteiger partial charge < -0.3 is 30.7 Å². The maximum atomic E-state index is 10.7. The van der Waals surface area contributed by atoms with Crippen molar-refractivity contribution < 1.29 is 20.1 Å². The average molecular weight is 489 g/mol. The number of fused-ring (bicyclic) bond motifs is 1. The molecule has 184 valence electrons. The predicted octanol–water partition coefficient (Wildman–Crippen LogP) is 2.20. The van der Waals surface area contributed by atoms with Crippen molar-refractivity contribution in [2.45, 2.75) is 64.1 Å². The number of anilines is 2. The van der Waals surface area contributed by atoms with Crippen molar-refractivity contribution in [1.82, 2.24) is 19.9 Å². The topological polar surface area (TPSA) is 146 Å². The van der Waals surface area contributed by atoms with E-state index in [1.807, 2.05) is 19.9 Å². The van der Waals surface area contributed by atoms with Gasteiger partial charge in [-0.15, -0.1) is 11.3 Å². The molecule has 10 nitrogen and oxygen atoms in total. The lowest BCUT2D eigenvalue weighted by Crippen LogP contribution is -2.40. The van der Waals surface area contributed by atoms with Gasteiger partial charge in [-0.3, -0.25) is 4.98 Å². The van der Waals surface area contributed by atoms with Crippen LogP contribution < -0.4 is 10.6 Å². The van der Waals surface area contributed by atoms with Crippen molar-refractivity contribution >= 4 is 33.3 Å². The van der Waals surface area contributed by atoms with Crippen molar-refractivity contribution in [3.8, 4) is 10.6 Å². The summed E-state index contributed by atoms with van der Waals surface area (Å²) in [7, 11) is 1.64. The van der Waals surface area contributed by atoms with Gasteiger partial charge in [-0.2, -0.15) is 4.98 Å². The molecule has 11 heteroatoms. The highest BCUT2D eigenvalue weighted by Gasteiger charge is 2.47. The van der Waals surface area contributed by atoms with Crippen molar-refractivity contribution in [1.29, 1.82) is 0 Å². The van der Waals surface area contributed by atoms with Crippen LogP contribution in [0, 0.1) is 12.8 Å². The fourth-order valence-electron chi connectivity index (χ4n) is 4.20. The summed E-state index contributed by atoms with van der Waals surface area (Å²) in [6.45, 7) is 7.65. The molecular formula is C23H32N6O4S. The Morgan fingerprint density at radius 1 is 1.24 bits per heavy atom. The largest absolute Gasteiger partial charge is 0.390 e. The molecule has 1 fully saturated rings. The third-order valence-corrected chi connectivity index (χ3v) is 7.43. The van der Waals surface area contributed by atoms with Gasteiger partial charge >= 0.3 is 0 Å². The van der Waals surface area contributed by atoms with Crippen molar-refractivity contribution in [3.63, 3.8) is 0 Å². The van der Waals surface area contributed by atoms with E-state index in [4.69, 9.17) is 9.72 Å². The molecule has 3 aromatic heterocycles. The number of hydrogen-bond donors (Lipinski definition) is 5. The number of hydrogen-bond acceptors (Lipinski definition) is 11.